The molecule has 0 saturated carbocycles. The van der Waals surface area contributed by atoms with E-state index in [0.29, 0.717) is 5.02 Å². The maximum absolute atomic E-state index is 9.26. The summed E-state index contributed by atoms with van der Waals surface area (Å²) in [5.74, 6) is 0.116. The van der Waals surface area contributed by atoms with Crippen LogP contribution in [0.2, 0.25) is 5.02 Å². The smallest absolute Gasteiger partial charge is 0.134 e. The molecule has 0 atom stereocenters. The van der Waals surface area contributed by atoms with Gasteiger partial charge in [-0.1, -0.05) is 11.6 Å². The molecule has 1 N–H and O–H groups in total. The van der Waals surface area contributed by atoms with Gasteiger partial charge in [0.2, 0.25) is 0 Å². The van der Waals surface area contributed by atoms with Gasteiger partial charge in [0.05, 0.1) is 6.20 Å². The zero-order valence-corrected chi connectivity index (χ0v) is 7.99. The summed E-state index contributed by atoms with van der Waals surface area (Å²) in [5, 5.41) is 9.87. The van der Waals surface area contributed by atoms with Crippen LogP contribution in [0.15, 0.2) is 36.7 Å². The lowest BCUT2D eigenvalue weighted by Crippen LogP contribution is -1.68. The molecule has 0 aliphatic carbocycles. The topological polar surface area (TPSA) is 33.1 Å². The average Bonchev–Trinajstić information content (AvgIpc) is 2.02. The fraction of sp³-hybridized carbons (Fsp3) is 0.100. The minimum atomic E-state index is 0.116. The highest BCUT2D eigenvalue weighted by atomic mass is 35.5. The first-order valence-electron chi connectivity index (χ1n) is 3.83. The number of aromatic nitrogens is 1. The van der Waals surface area contributed by atoms with E-state index in [-0.39, 0.29) is 5.75 Å². The lowest BCUT2D eigenvalue weighted by atomic mass is 10.3. The summed E-state index contributed by atoms with van der Waals surface area (Å²) in [6, 6.07) is 6.81. The minimum absolute atomic E-state index is 0.116. The van der Waals surface area contributed by atoms with E-state index in [0.717, 1.165) is 5.56 Å². The Kier molecular flexibility index (Phi) is 3.53. The number of nitrogens with zero attached hydrogens (tertiary/aromatic N) is 1. The molecule has 0 aliphatic rings. The summed E-state index contributed by atoms with van der Waals surface area (Å²) in [7, 11) is 0. The van der Waals surface area contributed by atoms with Crippen LogP contribution in [0.3, 0.4) is 0 Å². The van der Waals surface area contributed by atoms with Crippen molar-refractivity contribution in [1.29, 1.82) is 0 Å². The highest BCUT2D eigenvalue weighted by Gasteiger charge is 1.85. The first kappa shape index (κ1) is 9.81. The van der Waals surface area contributed by atoms with Gasteiger partial charge in [-0.3, -0.25) is 4.98 Å². The number of hydrogen-bond donors (Lipinski definition) is 1. The maximum atomic E-state index is 9.26. The molecule has 0 fully saturated rings. The van der Waals surface area contributed by atoms with Crippen molar-refractivity contribution < 1.29 is 5.11 Å². The molecule has 0 radical (unpaired) electrons. The molecule has 13 heavy (non-hydrogen) atoms. The summed E-state index contributed by atoms with van der Waals surface area (Å²) in [5.41, 5.74) is 0.875. The molecular weight excluding hydrogens is 186 g/mol. The van der Waals surface area contributed by atoms with Crippen LogP contribution < -0.4 is 0 Å². The molecule has 0 saturated heterocycles. The van der Waals surface area contributed by atoms with Crippen LogP contribution in [0.4, 0.5) is 0 Å². The van der Waals surface area contributed by atoms with Crippen molar-refractivity contribution in [3.63, 3.8) is 0 Å². The van der Waals surface area contributed by atoms with Gasteiger partial charge in [0.15, 0.2) is 0 Å². The van der Waals surface area contributed by atoms with E-state index in [4.69, 9.17) is 11.6 Å². The lowest BCUT2D eigenvalue weighted by Gasteiger charge is -1.89. The average molecular weight is 196 g/mol. The Balaban J connectivity index is 3.34. The predicted octanol–water partition coefficient (Wildman–Crippen LogP) is 2.87. The fourth-order valence-electron chi connectivity index (χ4n) is 0.882. The van der Waals surface area contributed by atoms with Gasteiger partial charge >= 0.3 is 0 Å². The van der Waals surface area contributed by atoms with Crippen LogP contribution in [-0.4, -0.2) is 10.1 Å². The van der Waals surface area contributed by atoms with Crippen molar-refractivity contribution in [1.82, 2.24) is 4.98 Å². The lowest BCUT2D eigenvalue weighted by molar-refractivity contribution is 0.473. The second kappa shape index (κ2) is 4.67. The van der Waals surface area contributed by atoms with Gasteiger partial charge in [-0.25, -0.2) is 0 Å². The standard InChI is InChI=1S/C10H10ClNO/c1-8-5-9(11)3-2-4-12-7-10(13)6-8/h2-7,13H,1H3. The molecule has 0 amide bonds. The van der Waals surface area contributed by atoms with Crippen LogP contribution in [0.1, 0.15) is 5.56 Å². The molecule has 1 heterocycles. The molecular formula is C10H10ClNO. The molecule has 1 aromatic rings. The summed E-state index contributed by atoms with van der Waals surface area (Å²) >= 11 is 5.83. The predicted molar refractivity (Wildman–Crippen MR) is 53.3 cm³/mol. The van der Waals surface area contributed by atoms with E-state index in [1.807, 2.05) is 6.92 Å². The van der Waals surface area contributed by atoms with Crippen molar-refractivity contribution in [2.24, 2.45) is 0 Å². The van der Waals surface area contributed by atoms with E-state index in [9.17, 15) is 5.11 Å². The molecule has 3 heteroatoms. The monoisotopic (exact) mass is 195 g/mol. The van der Waals surface area contributed by atoms with E-state index in [1.165, 1.54) is 6.20 Å². The van der Waals surface area contributed by atoms with Crippen LogP contribution in [0, 0.1) is 6.92 Å². The first-order chi connectivity index (χ1) is 6.18. The minimum Gasteiger partial charge on any atom is -0.506 e. The van der Waals surface area contributed by atoms with Gasteiger partial charge in [0, 0.05) is 11.2 Å². The second-order valence-electron chi connectivity index (χ2n) is 2.63. The van der Waals surface area contributed by atoms with Gasteiger partial charge < -0.3 is 5.11 Å². The third kappa shape index (κ3) is 3.76. The van der Waals surface area contributed by atoms with Gasteiger partial charge in [-0.2, -0.15) is 0 Å². The SMILES string of the molecule is Cc1cc(O)cncccc(Cl)c1. The third-order valence-electron chi connectivity index (χ3n) is 1.38. The zero-order chi connectivity index (χ0) is 9.68. The van der Waals surface area contributed by atoms with Crippen molar-refractivity contribution >= 4 is 11.6 Å². The molecule has 0 aromatic carbocycles. The molecule has 0 aliphatic heterocycles. The second-order valence-corrected chi connectivity index (χ2v) is 3.07. The van der Waals surface area contributed by atoms with Gasteiger partial charge in [0.25, 0.3) is 0 Å². The summed E-state index contributed by atoms with van der Waals surface area (Å²) in [6.07, 6.45) is 2.93. The normalized spacial score (nSPS) is 9.08. The van der Waals surface area contributed by atoms with E-state index in [1.54, 1.807) is 30.5 Å². The Bertz CT molecular complexity index is 320. The summed E-state index contributed by atoms with van der Waals surface area (Å²) in [6.45, 7) is 1.85. The number of aromatic hydroxyl groups is 1. The third-order valence-corrected chi connectivity index (χ3v) is 1.61. The van der Waals surface area contributed by atoms with Crippen molar-refractivity contribution in [2.45, 2.75) is 6.92 Å². The number of rotatable bonds is 0. The molecule has 1 aromatic heterocycles. The maximum Gasteiger partial charge on any atom is 0.134 e. The Hall–Kier alpha value is -1.28. The van der Waals surface area contributed by atoms with E-state index >= 15 is 0 Å². The molecule has 2 nitrogen and oxygen atoms in total. The number of aryl methyl sites for hydroxylation is 1. The summed E-state index contributed by atoms with van der Waals surface area (Å²) in [4.78, 5) is 3.83. The Morgan fingerprint density at radius 2 is 2.15 bits per heavy atom. The van der Waals surface area contributed by atoms with Crippen LogP contribution >= 0.6 is 11.6 Å². The highest BCUT2D eigenvalue weighted by molar-refractivity contribution is 6.30. The van der Waals surface area contributed by atoms with Crippen LogP contribution in [-0.2, 0) is 0 Å². The molecule has 1 rings (SSSR count). The zero-order valence-electron chi connectivity index (χ0n) is 7.24. The van der Waals surface area contributed by atoms with Gasteiger partial charge in [0.1, 0.15) is 5.75 Å². The van der Waals surface area contributed by atoms with Crippen LogP contribution in [0.5, 0.6) is 5.75 Å². The molecule has 0 bridgehead atoms. The summed E-state index contributed by atoms with van der Waals surface area (Å²) < 4.78 is 0. The van der Waals surface area contributed by atoms with Gasteiger partial charge in [-0.15, -0.1) is 0 Å². The van der Waals surface area contributed by atoms with Crippen LogP contribution in [0.25, 0.3) is 0 Å². The van der Waals surface area contributed by atoms with Crippen molar-refractivity contribution in [2.75, 3.05) is 0 Å². The quantitative estimate of drug-likeness (QED) is 0.691. The van der Waals surface area contributed by atoms with E-state index in [2.05, 4.69) is 4.98 Å². The Morgan fingerprint density at radius 1 is 1.38 bits per heavy atom. The molecule has 0 spiro atoms. The van der Waals surface area contributed by atoms with Gasteiger partial charge in [-0.05, 0) is 36.8 Å². The Morgan fingerprint density at radius 3 is 2.92 bits per heavy atom. The first-order valence-corrected chi connectivity index (χ1v) is 4.21. The number of halogens is 1. The van der Waals surface area contributed by atoms with E-state index < -0.39 is 0 Å². The highest BCUT2D eigenvalue weighted by Crippen LogP contribution is 2.09. The molecule has 0 unspecified atom stereocenters. The Labute approximate surface area is 82.2 Å². The number of hydrogen-bond acceptors (Lipinski definition) is 2. The van der Waals surface area contributed by atoms with Crippen molar-refractivity contribution in [3.05, 3.63) is 47.2 Å². The largest absolute Gasteiger partial charge is 0.506 e. The fourth-order valence-corrected chi connectivity index (χ4v) is 1.13. The van der Waals surface area contributed by atoms with Crippen molar-refractivity contribution in [3.8, 4) is 5.75 Å². The molecule has 68 valence electrons.